The first-order valence-electron chi connectivity index (χ1n) is 15.2. The van der Waals surface area contributed by atoms with Gasteiger partial charge in [0.2, 0.25) is 0 Å². The molecule has 0 amide bonds. The molecule has 0 N–H and O–H groups in total. The van der Waals surface area contributed by atoms with E-state index >= 15 is 0 Å². The van der Waals surface area contributed by atoms with E-state index in [0.717, 1.165) is 0 Å². The van der Waals surface area contributed by atoms with Gasteiger partial charge in [-0.2, -0.15) is 0 Å². The van der Waals surface area contributed by atoms with Gasteiger partial charge in [-0.05, 0) is 68.1 Å². The van der Waals surface area contributed by atoms with Crippen LogP contribution in [0.5, 0.6) is 0 Å². The third-order valence-electron chi connectivity index (χ3n) is 8.64. The van der Waals surface area contributed by atoms with Crippen LogP contribution in [0, 0.1) is 39.9 Å². The molecule has 2 aliphatic rings. The van der Waals surface area contributed by atoms with Crippen molar-refractivity contribution >= 4 is 68.0 Å². The Hall–Kier alpha value is -4.92. The number of aromatic carboxylic acids is 4. The summed E-state index contributed by atoms with van der Waals surface area (Å²) in [7, 11) is 0. The maximum atomic E-state index is 11.8. The molecule has 18 heteroatoms. The van der Waals surface area contributed by atoms with Gasteiger partial charge in [0, 0.05) is 44.8 Å². The van der Waals surface area contributed by atoms with Crippen LogP contribution >= 0.6 is 0 Å². The summed E-state index contributed by atoms with van der Waals surface area (Å²) in [5.41, 5.74) is 0.547. The SMILES string of the molecule is O=C([O-])c1ccc2c(c1)-c1nc-2nc2[n-]c(nc3nc(nc4[n-]c(n1)c1ccc(C(=O)[O-])cc41)-c1ccc(C(=O)[O-])cc1-3)c1ccc(C(=O)[O-])cc21.[Gd+3].[K+]. The maximum absolute atomic E-state index is 11.8. The van der Waals surface area contributed by atoms with Gasteiger partial charge in [-0.1, -0.05) is 48.5 Å². The van der Waals surface area contributed by atoms with E-state index in [0.29, 0.717) is 21.9 Å². The molecule has 3 aromatic heterocycles. The number of carbonyl (C=O) groups is 4. The fraction of sp³-hybridized carbons (Fsp3) is 0. The van der Waals surface area contributed by atoms with Crippen LogP contribution < -0.4 is 81.8 Å². The Kier molecular flexibility index (Phi) is 9.73. The summed E-state index contributed by atoms with van der Waals surface area (Å²) in [6.07, 6.45) is 0. The fourth-order valence-electron chi connectivity index (χ4n) is 6.17. The molecule has 54 heavy (non-hydrogen) atoms. The number of carbonyl (C=O) groups excluding carboxylic acids is 4. The van der Waals surface area contributed by atoms with Gasteiger partial charge in [-0.15, -0.1) is 0 Å². The summed E-state index contributed by atoms with van der Waals surface area (Å²) in [4.78, 5) is 84.4. The largest absolute Gasteiger partial charge is 3.00 e. The summed E-state index contributed by atoms with van der Waals surface area (Å²) in [5, 5.41) is 48.6. The van der Waals surface area contributed by atoms with Gasteiger partial charge in [0.05, 0.1) is 47.2 Å². The zero-order valence-electron chi connectivity index (χ0n) is 27.1. The van der Waals surface area contributed by atoms with Gasteiger partial charge >= 0.3 is 91.3 Å². The van der Waals surface area contributed by atoms with Crippen LogP contribution in [0.1, 0.15) is 41.4 Å². The number of aromatic nitrogens is 8. The van der Waals surface area contributed by atoms with Crippen LogP contribution in [0.3, 0.4) is 0 Å². The normalized spacial score (nSPS) is 11.3. The van der Waals surface area contributed by atoms with Crippen molar-refractivity contribution < 1.29 is 131 Å². The zero-order chi connectivity index (χ0) is 36.0. The Morgan fingerprint density at radius 2 is 0.685 bits per heavy atom. The molecule has 255 valence electrons. The standard InChI is InChI=1S/C36H18N8O8.Gd.K/c45-33(46)13-1-5-17-21(9-13)29-37-25(17)41-30-22-10-14(34(47)48)2-6-18(22)27(38-30)43-32-24-12-16(36(51)52)4-8-20(24)28(40-32)44-31-23-11-15(35(49)50)3-7-19(23)26(39-31)42-29;;/h1-12H,(H6,37,38,39,40,41,42,43,44,45,46,47,48,49,50,51,52);;/q;+3;+1/p-6. The molecule has 0 saturated heterocycles. The van der Waals surface area contributed by atoms with Crippen molar-refractivity contribution in [2.24, 2.45) is 0 Å². The molecule has 0 unspecified atom stereocenters. The smallest absolute Gasteiger partial charge is 0.545 e. The minimum atomic E-state index is -1.45. The molecule has 8 bridgehead atoms. The molecule has 0 aliphatic carbocycles. The average Bonchev–Trinajstić information content (AvgIpc) is 3.85. The molecule has 0 spiro atoms. The molecule has 0 saturated carbocycles. The van der Waals surface area contributed by atoms with Crippen molar-refractivity contribution in [2.75, 3.05) is 0 Å². The molecular weight excluding hydrogens is 869 g/mol. The molecule has 2 aliphatic heterocycles. The Bertz CT molecular complexity index is 2820. The molecule has 16 nitrogen and oxygen atoms in total. The second-order valence-corrected chi connectivity index (χ2v) is 11.7. The summed E-state index contributed by atoms with van der Waals surface area (Å²) < 4.78 is 0. The van der Waals surface area contributed by atoms with E-state index in [2.05, 4.69) is 39.9 Å². The molecule has 9 rings (SSSR count). The van der Waals surface area contributed by atoms with E-state index in [4.69, 9.17) is 0 Å². The van der Waals surface area contributed by atoms with Gasteiger partial charge in [-0.3, -0.25) is 0 Å². The third kappa shape index (κ3) is 6.19. The predicted octanol–water partition coefficient (Wildman–Crippen LogP) is -3.41. The van der Waals surface area contributed by atoms with Crippen LogP contribution in [-0.4, -0.2) is 53.8 Å². The number of hydrogen-bond acceptors (Lipinski definition) is 14. The Morgan fingerprint density at radius 3 is 1.04 bits per heavy atom. The summed E-state index contributed by atoms with van der Waals surface area (Å²) in [5.74, 6) is -5.77. The number of benzene rings is 4. The molecular formula is C36H12GdKN8O8-2. The van der Waals surface area contributed by atoms with Gasteiger partial charge in [-0.25, -0.2) is 9.97 Å². The molecule has 7 aromatic rings. The second-order valence-electron chi connectivity index (χ2n) is 11.7. The molecule has 1 radical (unpaired) electrons. The first-order chi connectivity index (χ1) is 25.0. The minimum absolute atomic E-state index is 0. The van der Waals surface area contributed by atoms with Gasteiger partial charge < -0.3 is 69.5 Å². The monoisotopic (exact) mass is 881 g/mol. The van der Waals surface area contributed by atoms with E-state index < -0.39 is 23.9 Å². The number of carboxylic acid groups (broad SMARTS) is 4. The van der Waals surface area contributed by atoms with Crippen molar-refractivity contribution in [2.45, 2.75) is 0 Å². The number of hydrogen-bond donors (Lipinski definition) is 0. The Morgan fingerprint density at radius 1 is 0.389 bits per heavy atom. The first-order valence-corrected chi connectivity index (χ1v) is 15.2. The second kappa shape index (κ2) is 14.1. The predicted molar refractivity (Wildman–Crippen MR) is 171 cm³/mol. The van der Waals surface area contributed by atoms with Gasteiger partial charge in [0.1, 0.15) is 0 Å². The third-order valence-corrected chi connectivity index (χ3v) is 8.64. The maximum Gasteiger partial charge on any atom is 3.00 e. The summed E-state index contributed by atoms with van der Waals surface area (Å²) in [6, 6.07) is 16.3. The van der Waals surface area contributed by atoms with Crippen LogP contribution in [-0.2, 0) is 0 Å². The summed E-state index contributed by atoms with van der Waals surface area (Å²) >= 11 is 0. The van der Waals surface area contributed by atoms with Crippen LogP contribution in [0.25, 0.3) is 89.7 Å². The first kappa shape index (κ1) is 37.4. The van der Waals surface area contributed by atoms with E-state index in [1.807, 2.05) is 0 Å². The van der Waals surface area contributed by atoms with Crippen molar-refractivity contribution in [1.29, 1.82) is 0 Å². The van der Waals surface area contributed by atoms with Crippen molar-refractivity contribution in [3.63, 3.8) is 0 Å². The van der Waals surface area contributed by atoms with Crippen molar-refractivity contribution in [3.05, 3.63) is 95.1 Å². The topological polar surface area (TPSA) is 266 Å². The van der Waals surface area contributed by atoms with Crippen molar-refractivity contribution in [1.82, 2.24) is 39.9 Å². The van der Waals surface area contributed by atoms with E-state index in [-0.39, 0.29) is 181 Å². The zero-order valence-corrected chi connectivity index (χ0v) is 32.5. The van der Waals surface area contributed by atoms with Crippen LogP contribution in [0.4, 0.5) is 0 Å². The number of rotatable bonds is 4. The number of nitrogens with zero attached hydrogens (tertiary/aromatic N) is 8. The average molecular weight is 881 g/mol. The fourth-order valence-corrected chi connectivity index (χ4v) is 6.17. The molecule has 4 aromatic carbocycles. The van der Waals surface area contributed by atoms with E-state index in [1.54, 1.807) is 0 Å². The van der Waals surface area contributed by atoms with E-state index in [9.17, 15) is 39.6 Å². The summed E-state index contributed by atoms with van der Waals surface area (Å²) in [6.45, 7) is 0. The van der Waals surface area contributed by atoms with E-state index in [1.165, 1.54) is 72.8 Å². The van der Waals surface area contributed by atoms with Gasteiger partial charge in [0.25, 0.3) is 0 Å². The van der Waals surface area contributed by atoms with Crippen LogP contribution in [0.15, 0.2) is 72.8 Å². The van der Waals surface area contributed by atoms with Crippen molar-refractivity contribution in [3.8, 4) is 45.6 Å². The molecule has 0 atom stereocenters. The van der Waals surface area contributed by atoms with Crippen LogP contribution in [0.2, 0.25) is 0 Å². The minimum Gasteiger partial charge on any atom is -0.545 e. The number of fused-ring (bicyclic) bond motifs is 20. The Balaban J connectivity index is 0.00000225. The van der Waals surface area contributed by atoms with Gasteiger partial charge in [0.15, 0.2) is 0 Å². The number of carboxylic acids is 4. The quantitative estimate of drug-likeness (QED) is 0.156. The molecule has 5 heterocycles. The molecule has 0 fully saturated rings. The Labute approximate surface area is 374 Å².